The van der Waals surface area contributed by atoms with Crippen molar-refractivity contribution in [2.75, 3.05) is 13.6 Å². The molecular weight excluding hydrogens is 228 g/mol. The SMILES string of the molecule is C[N-]CCc1ccccn1.[Br-].[Mg+2]. The number of nitrogens with zero attached hydrogens (tertiary/aromatic N) is 2. The van der Waals surface area contributed by atoms with E-state index in [1.807, 2.05) is 31.4 Å². The summed E-state index contributed by atoms with van der Waals surface area (Å²) >= 11 is 0. The van der Waals surface area contributed by atoms with Crippen molar-refractivity contribution in [2.24, 2.45) is 0 Å². The van der Waals surface area contributed by atoms with Gasteiger partial charge in [0.1, 0.15) is 0 Å². The minimum atomic E-state index is 0. The van der Waals surface area contributed by atoms with E-state index in [4.69, 9.17) is 0 Å². The van der Waals surface area contributed by atoms with Gasteiger partial charge in [-0.25, -0.2) is 0 Å². The van der Waals surface area contributed by atoms with Crippen molar-refractivity contribution in [3.63, 3.8) is 0 Å². The van der Waals surface area contributed by atoms with Crippen molar-refractivity contribution in [1.82, 2.24) is 4.98 Å². The van der Waals surface area contributed by atoms with Crippen LogP contribution in [0.4, 0.5) is 0 Å². The van der Waals surface area contributed by atoms with E-state index in [0.717, 1.165) is 18.7 Å². The third-order valence-corrected chi connectivity index (χ3v) is 1.32. The minimum absolute atomic E-state index is 0. The Morgan fingerprint density at radius 2 is 2.17 bits per heavy atom. The second-order valence-electron chi connectivity index (χ2n) is 2.11. The molecule has 0 spiro atoms. The van der Waals surface area contributed by atoms with E-state index < -0.39 is 0 Å². The number of hydrogen-bond donors (Lipinski definition) is 0. The molecule has 62 valence electrons. The van der Waals surface area contributed by atoms with Crippen LogP contribution in [0.25, 0.3) is 5.32 Å². The topological polar surface area (TPSA) is 27.0 Å². The molecule has 0 aliphatic rings. The van der Waals surface area contributed by atoms with E-state index in [9.17, 15) is 0 Å². The summed E-state index contributed by atoms with van der Waals surface area (Å²) in [6.45, 7) is 0.872. The molecule has 1 aromatic rings. The molecule has 12 heavy (non-hydrogen) atoms. The van der Waals surface area contributed by atoms with Gasteiger partial charge in [-0.3, -0.25) is 4.98 Å². The van der Waals surface area contributed by atoms with Gasteiger partial charge in [-0.15, -0.1) is 6.54 Å². The van der Waals surface area contributed by atoms with Gasteiger partial charge in [0.2, 0.25) is 0 Å². The third kappa shape index (κ3) is 5.94. The Morgan fingerprint density at radius 3 is 2.67 bits per heavy atom. The van der Waals surface area contributed by atoms with Gasteiger partial charge < -0.3 is 22.3 Å². The van der Waals surface area contributed by atoms with Crippen molar-refractivity contribution in [1.29, 1.82) is 0 Å². The second kappa shape index (κ2) is 9.44. The number of aromatic nitrogens is 1. The van der Waals surface area contributed by atoms with Crippen molar-refractivity contribution < 1.29 is 17.0 Å². The molecule has 2 nitrogen and oxygen atoms in total. The van der Waals surface area contributed by atoms with Gasteiger partial charge in [-0.05, 0) is 18.6 Å². The van der Waals surface area contributed by atoms with Crippen molar-refractivity contribution in [3.05, 3.63) is 35.4 Å². The maximum atomic E-state index is 4.16. The number of halogens is 1. The van der Waals surface area contributed by atoms with E-state index in [0.29, 0.717) is 0 Å². The summed E-state index contributed by atoms with van der Waals surface area (Å²) in [6, 6.07) is 5.94. The van der Waals surface area contributed by atoms with E-state index >= 15 is 0 Å². The molecule has 0 fully saturated rings. The van der Waals surface area contributed by atoms with Gasteiger partial charge in [0.25, 0.3) is 0 Å². The van der Waals surface area contributed by atoms with Gasteiger partial charge in [-0.2, -0.15) is 7.05 Å². The largest absolute Gasteiger partial charge is 2.00 e. The van der Waals surface area contributed by atoms with Crippen LogP contribution in [0.2, 0.25) is 0 Å². The summed E-state index contributed by atoms with van der Waals surface area (Å²) in [5.74, 6) is 0. The first kappa shape index (κ1) is 14.9. The summed E-state index contributed by atoms with van der Waals surface area (Å²) in [5, 5.41) is 3.99. The first-order valence-electron chi connectivity index (χ1n) is 3.39. The Hall–Kier alpha value is 0.356. The monoisotopic (exact) mass is 238 g/mol. The van der Waals surface area contributed by atoms with Crippen LogP contribution in [0.5, 0.6) is 0 Å². The molecular formula is C8H11BrMgN2. The van der Waals surface area contributed by atoms with Crippen molar-refractivity contribution >= 4 is 23.1 Å². The maximum absolute atomic E-state index is 4.16. The molecule has 0 bridgehead atoms. The molecule has 0 N–H and O–H groups in total. The fraction of sp³-hybridized carbons (Fsp3) is 0.375. The maximum Gasteiger partial charge on any atom is 2.00 e. The molecule has 4 heteroatoms. The molecule has 0 saturated heterocycles. The molecule has 0 saturated carbocycles. The Kier molecular flexibility index (Phi) is 11.7. The van der Waals surface area contributed by atoms with Crippen LogP contribution >= 0.6 is 0 Å². The van der Waals surface area contributed by atoms with Crippen LogP contribution in [0.3, 0.4) is 0 Å². The Morgan fingerprint density at radius 1 is 1.42 bits per heavy atom. The standard InChI is InChI=1S/C8H11N2.BrH.Mg/c1-9-7-5-8-4-2-3-6-10-8;;/h2-4,6H,5,7H2,1H3;1H;/q-1;;+2/p-1. The Balaban J connectivity index is 0. The first-order chi connectivity index (χ1) is 4.93. The average molecular weight is 239 g/mol. The van der Waals surface area contributed by atoms with Crippen LogP contribution in [-0.2, 0) is 6.42 Å². The third-order valence-electron chi connectivity index (χ3n) is 1.32. The van der Waals surface area contributed by atoms with Crippen LogP contribution in [0.15, 0.2) is 24.4 Å². The Labute approximate surface area is 100 Å². The molecule has 0 unspecified atom stereocenters. The zero-order chi connectivity index (χ0) is 7.23. The molecule has 0 amide bonds. The summed E-state index contributed by atoms with van der Waals surface area (Å²) < 4.78 is 0. The fourth-order valence-electron chi connectivity index (χ4n) is 0.772. The number of rotatable bonds is 3. The fourth-order valence-corrected chi connectivity index (χ4v) is 0.772. The normalized spacial score (nSPS) is 8.08. The molecule has 0 aliphatic heterocycles. The molecule has 0 aliphatic carbocycles. The molecule has 1 rings (SSSR count). The van der Waals surface area contributed by atoms with Gasteiger partial charge in [-0.1, -0.05) is 6.07 Å². The van der Waals surface area contributed by atoms with E-state index in [-0.39, 0.29) is 40.0 Å². The number of likely N-dealkylation sites (N-methyl/N-ethyl adjacent to an activating group) is 1. The quantitative estimate of drug-likeness (QED) is 0.575. The molecule has 0 aromatic carbocycles. The summed E-state index contributed by atoms with van der Waals surface area (Å²) in [4.78, 5) is 4.16. The molecule has 0 radical (unpaired) electrons. The first-order valence-corrected chi connectivity index (χ1v) is 3.39. The zero-order valence-electron chi connectivity index (χ0n) is 7.20. The molecule has 1 heterocycles. The summed E-state index contributed by atoms with van der Waals surface area (Å²) in [7, 11) is 1.82. The van der Waals surface area contributed by atoms with Crippen LogP contribution in [0.1, 0.15) is 5.69 Å². The van der Waals surface area contributed by atoms with E-state index in [1.165, 1.54) is 0 Å². The van der Waals surface area contributed by atoms with Gasteiger partial charge in [0, 0.05) is 11.9 Å². The molecule has 1 aromatic heterocycles. The predicted octanol–water partition coefficient (Wildman–Crippen LogP) is -1.75. The minimum Gasteiger partial charge on any atom is -1.00 e. The Bertz CT molecular complexity index is 182. The van der Waals surface area contributed by atoms with Crippen molar-refractivity contribution in [2.45, 2.75) is 6.42 Å². The molecule has 0 atom stereocenters. The number of pyridine rings is 1. The van der Waals surface area contributed by atoms with E-state index in [2.05, 4.69) is 10.3 Å². The van der Waals surface area contributed by atoms with Crippen LogP contribution in [-0.4, -0.2) is 41.6 Å². The van der Waals surface area contributed by atoms with Gasteiger partial charge in [0.05, 0.1) is 0 Å². The van der Waals surface area contributed by atoms with Gasteiger partial charge >= 0.3 is 23.1 Å². The second-order valence-corrected chi connectivity index (χ2v) is 2.11. The average Bonchev–Trinajstić information content (AvgIpc) is 2.03. The predicted molar refractivity (Wildman–Crippen MR) is 47.8 cm³/mol. The smallest absolute Gasteiger partial charge is 1.00 e. The number of hydrogen-bond acceptors (Lipinski definition) is 1. The van der Waals surface area contributed by atoms with E-state index in [1.54, 1.807) is 0 Å². The van der Waals surface area contributed by atoms with Gasteiger partial charge in [0.15, 0.2) is 0 Å². The van der Waals surface area contributed by atoms with Crippen LogP contribution in [0, 0.1) is 0 Å². The van der Waals surface area contributed by atoms with Crippen molar-refractivity contribution in [3.8, 4) is 0 Å². The zero-order valence-corrected chi connectivity index (χ0v) is 10.2. The van der Waals surface area contributed by atoms with Crippen LogP contribution < -0.4 is 17.0 Å². The summed E-state index contributed by atoms with van der Waals surface area (Å²) in [5.41, 5.74) is 1.12. The summed E-state index contributed by atoms with van der Waals surface area (Å²) in [6.07, 6.45) is 2.77.